The number of fused-ring (bicyclic) bond motifs is 1. The van der Waals surface area contributed by atoms with E-state index in [4.69, 9.17) is 0 Å². The van der Waals surface area contributed by atoms with Crippen LogP contribution in [0.4, 0.5) is 0 Å². The fourth-order valence-electron chi connectivity index (χ4n) is 2.30. The summed E-state index contributed by atoms with van der Waals surface area (Å²) in [6.07, 6.45) is 5.24. The molecule has 2 rings (SSSR count). The molecule has 0 nitrogen and oxygen atoms in total. The van der Waals surface area contributed by atoms with Gasteiger partial charge in [0.25, 0.3) is 0 Å². The van der Waals surface area contributed by atoms with E-state index in [9.17, 15) is 0 Å². The largest absolute Gasteiger partial charge is 0.121 e. The highest BCUT2D eigenvalue weighted by Crippen LogP contribution is 2.27. The lowest BCUT2D eigenvalue weighted by molar-refractivity contribution is 0.501. The Morgan fingerprint density at radius 2 is 2.21 bits per heavy atom. The van der Waals surface area contributed by atoms with E-state index in [1.54, 1.807) is 16.7 Å². The lowest BCUT2D eigenvalue weighted by Crippen LogP contribution is -2.11. The van der Waals surface area contributed by atoms with Gasteiger partial charge in [0, 0.05) is 0 Å². The summed E-state index contributed by atoms with van der Waals surface area (Å²) in [5.74, 6) is 0.890. The minimum absolute atomic E-state index is 0.890. The van der Waals surface area contributed by atoms with Crippen molar-refractivity contribution < 1.29 is 0 Å². The summed E-state index contributed by atoms with van der Waals surface area (Å²) in [4.78, 5) is 0. The zero-order chi connectivity index (χ0) is 9.97. The normalized spacial score (nSPS) is 21.4. The number of benzene rings is 1. The summed E-state index contributed by atoms with van der Waals surface area (Å²) in [7, 11) is 1.04. The van der Waals surface area contributed by atoms with Crippen LogP contribution in [0.2, 0.25) is 0 Å². The number of hydrogen-bond acceptors (Lipinski definition) is 0. The summed E-state index contributed by atoms with van der Waals surface area (Å²) in [5.41, 5.74) is 4.77. The van der Waals surface area contributed by atoms with Crippen molar-refractivity contribution >= 4 is 8.58 Å². The zero-order valence-corrected chi connectivity index (χ0v) is 10.1. The van der Waals surface area contributed by atoms with Gasteiger partial charge < -0.3 is 0 Å². The van der Waals surface area contributed by atoms with Crippen molar-refractivity contribution in [2.24, 2.45) is 5.92 Å². The maximum atomic E-state index is 2.44. The van der Waals surface area contributed by atoms with Gasteiger partial charge in [0.1, 0.15) is 0 Å². The van der Waals surface area contributed by atoms with Crippen molar-refractivity contribution in [3.8, 4) is 0 Å². The van der Waals surface area contributed by atoms with Crippen LogP contribution >= 0.6 is 8.58 Å². The Morgan fingerprint density at radius 1 is 1.36 bits per heavy atom. The molecule has 0 heterocycles. The van der Waals surface area contributed by atoms with Gasteiger partial charge in [-0.3, -0.25) is 0 Å². The second kappa shape index (κ2) is 4.45. The third-order valence-corrected chi connectivity index (χ3v) is 3.89. The van der Waals surface area contributed by atoms with E-state index in [-0.39, 0.29) is 0 Å². The van der Waals surface area contributed by atoms with Gasteiger partial charge in [-0.25, -0.2) is 0 Å². The van der Waals surface area contributed by atoms with Gasteiger partial charge in [0.15, 0.2) is 0 Å². The Labute approximate surface area is 88.9 Å². The van der Waals surface area contributed by atoms with E-state index in [0.29, 0.717) is 0 Å². The molecule has 1 aliphatic rings. The Bertz CT molecular complexity index is 317. The van der Waals surface area contributed by atoms with Gasteiger partial charge in [-0.1, -0.05) is 25.1 Å². The molecule has 1 heteroatoms. The Balaban J connectivity index is 2.22. The van der Waals surface area contributed by atoms with Crippen LogP contribution in [0, 0.1) is 5.92 Å². The second-order valence-electron chi connectivity index (χ2n) is 4.48. The molecule has 0 bridgehead atoms. The van der Waals surface area contributed by atoms with Crippen LogP contribution in [0.1, 0.15) is 30.0 Å². The maximum absolute atomic E-state index is 2.44. The quantitative estimate of drug-likeness (QED) is 0.648. The SMILES string of the molecule is CPCc1ccc2c(c1)CCC(C)C2. The number of rotatable bonds is 2. The second-order valence-corrected chi connectivity index (χ2v) is 5.54. The van der Waals surface area contributed by atoms with Crippen molar-refractivity contribution in [2.75, 3.05) is 6.66 Å². The van der Waals surface area contributed by atoms with Crippen LogP contribution in [0.25, 0.3) is 0 Å². The van der Waals surface area contributed by atoms with Gasteiger partial charge in [-0.05, 0) is 54.7 Å². The van der Waals surface area contributed by atoms with Crippen LogP contribution in [0.3, 0.4) is 0 Å². The summed E-state index contributed by atoms with van der Waals surface area (Å²) < 4.78 is 0. The Hall–Kier alpha value is -0.350. The fraction of sp³-hybridized carbons (Fsp3) is 0.538. The van der Waals surface area contributed by atoms with E-state index in [0.717, 1.165) is 14.5 Å². The predicted octanol–water partition coefficient (Wildman–Crippen LogP) is 3.62. The van der Waals surface area contributed by atoms with E-state index >= 15 is 0 Å². The molecule has 0 spiro atoms. The van der Waals surface area contributed by atoms with Crippen molar-refractivity contribution in [1.82, 2.24) is 0 Å². The standard InChI is InChI=1S/C13H19P/c1-10-3-5-13-8-11(9-14-2)4-6-12(13)7-10/h4,6,8,10,14H,3,5,7,9H2,1-2H3. The van der Waals surface area contributed by atoms with E-state index < -0.39 is 0 Å². The first-order valence-corrected chi connectivity index (χ1v) is 7.25. The van der Waals surface area contributed by atoms with Gasteiger partial charge in [-0.2, -0.15) is 0 Å². The summed E-state index contributed by atoms with van der Waals surface area (Å²) >= 11 is 0. The molecule has 0 aromatic heterocycles. The van der Waals surface area contributed by atoms with Crippen LogP contribution in [0.15, 0.2) is 18.2 Å². The molecule has 0 fully saturated rings. The topological polar surface area (TPSA) is 0 Å². The molecule has 0 saturated carbocycles. The van der Waals surface area contributed by atoms with Crippen LogP contribution < -0.4 is 0 Å². The molecule has 2 atom stereocenters. The highest BCUT2D eigenvalue weighted by molar-refractivity contribution is 7.36. The van der Waals surface area contributed by atoms with Gasteiger partial charge in [0.2, 0.25) is 0 Å². The lowest BCUT2D eigenvalue weighted by Gasteiger charge is -2.21. The number of hydrogen-bond donors (Lipinski definition) is 0. The Kier molecular flexibility index (Phi) is 3.23. The fourth-order valence-corrected chi connectivity index (χ4v) is 2.93. The van der Waals surface area contributed by atoms with Crippen LogP contribution in [0.5, 0.6) is 0 Å². The summed E-state index contributed by atoms with van der Waals surface area (Å²) in [6, 6.07) is 7.13. The van der Waals surface area contributed by atoms with E-state index in [2.05, 4.69) is 31.8 Å². The van der Waals surface area contributed by atoms with Crippen molar-refractivity contribution in [1.29, 1.82) is 0 Å². The molecule has 2 unspecified atom stereocenters. The first-order valence-electron chi connectivity index (χ1n) is 5.55. The minimum atomic E-state index is 0.890. The molecule has 1 aliphatic carbocycles. The molecule has 0 radical (unpaired) electrons. The van der Waals surface area contributed by atoms with Crippen molar-refractivity contribution in [3.63, 3.8) is 0 Å². The average Bonchev–Trinajstić information content (AvgIpc) is 2.19. The monoisotopic (exact) mass is 206 g/mol. The summed E-state index contributed by atoms with van der Waals surface area (Å²) in [5, 5.41) is 0. The third-order valence-electron chi connectivity index (χ3n) is 3.13. The predicted molar refractivity (Wildman–Crippen MR) is 65.6 cm³/mol. The molecule has 0 aliphatic heterocycles. The molecule has 14 heavy (non-hydrogen) atoms. The molecule has 1 aromatic rings. The first kappa shape index (κ1) is 10.2. The molecule has 0 amide bonds. The smallest absolute Gasteiger partial charge is 0.0103 e. The lowest BCUT2D eigenvalue weighted by atomic mass is 9.84. The maximum Gasteiger partial charge on any atom is -0.0103 e. The molecule has 1 aromatic carbocycles. The van der Waals surface area contributed by atoms with Crippen LogP contribution in [-0.4, -0.2) is 6.66 Å². The Morgan fingerprint density at radius 3 is 3.00 bits per heavy atom. The zero-order valence-electron chi connectivity index (χ0n) is 9.14. The molecular formula is C13H19P. The van der Waals surface area contributed by atoms with Crippen molar-refractivity contribution in [2.45, 2.75) is 32.3 Å². The average molecular weight is 206 g/mol. The molecule has 0 N–H and O–H groups in total. The van der Waals surface area contributed by atoms with E-state index in [1.807, 2.05) is 0 Å². The van der Waals surface area contributed by atoms with Gasteiger partial charge in [-0.15, -0.1) is 8.58 Å². The highest BCUT2D eigenvalue weighted by Gasteiger charge is 2.14. The molecular weight excluding hydrogens is 187 g/mol. The first-order chi connectivity index (χ1) is 6.79. The minimum Gasteiger partial charge on any atom is -0.121 e. The summed E-state index contributed by atoms with van der Waals surface area (Å²) in [6.45, 7) is 4.64. The van der Waals surface area contributed by atoms with E-state index in [1.165, 1.54) is 25.4 Å². The van der Waals surface area contributed by atoms with Crippen LogP contribution in [-0.2, 0) is 19.0 Å². The van der Waals surface area contributed by atoms with Gasteiger partial charge >= 0.3 is 0 Å². The molecule has 76 valence electrons. The third kappa shape index (κ3) is 2.17. The molecule has 0 saturated heterocycles. The van der Waals surface area contributed by atoms with Crippen molar-refractivity contribution in [3.05, 3.63) is 34.9 Å². The highest BCUT2D eigenvalue weighted by atomic mass is 31.1. The number of aryl methyl sites for hydroxylation is 1. The van der Waals surface area contributed by atoms with Gasteiger partial charge in [0.05, 0.1) is 0 Å².